The van der Waals surface area contributed by atoms with E-state index in [2.05, 4.69) is 13.8 Å². The number of ether oxygens (including phenoxy) is 1. The predicted molar refractivity (Wildman–Crippen MR) is 121 cm³/mol. The summed E-state index contributed by atoms with van der Waals surface area (Å²) in [5, 5.41) is 0. The summed E-state index contributed by atoms with van der Waals surface area (Å²) in [6.45, 7) is 6.23. The minimum Gasteiger partial charge on any atom is -0.482 e. The van der Waals surface area contributed by atoms with Crippen molar-refractivity contribution in [3.8, 4) is 5.75 Å². The van der Waals surface area contributed by atoms with Crippen LogP contribution >= 0.6 is 0 Å². The summed E-state index contributed by atoms with van der Waals surface area (Å²) in [5.41, 5.74) is 0.351. The largest absolute Gasteiger partial charge is 0.482 e. The van der Waals surface area contributed by atoms with Crippen LogP contribution < -0.4 is 9.64 Å². The molecule has 2 fully saturated rings. The summed E-state index contributed by atoms with van der Waals surface area (Å²) >= 11 is 0. The predicted octanol–water partition coefficient (Wildman–Crippen LogP) is 2.48. The molecule has 0 spiro atoms. The molecule has 0 bridgehead atoms. The summed E-state index contributed by atoms with van der Waals surface area (Å²) in [5.74, 6) is 0.556. The van der Waals surface area contributed by atoms with Gasteiger partial charge in [0.25, 0.3) is 5.91 Å². The SMILES string of the molecule is C[C@@H]1C[C@H](C)CN(S(=O)(=O)c2ccc3c(c2)N(CC(=O)N2CCCCCC2)C(=O)CO3)C1. The highest BCUT2D eigenvalue weighted by molar-refractivity contribution is 7.89. The van der Waals surface area contributed by atoms with E-state index in [1.165, 1.54) is 21.3 Å². The lowest BCUT2D eigenvalue weighted by atomic mass is 9.94. The molecule has 9 heteroatoms. The van der Waals surface area contributed by atoms with Crippen LogP contribution in [0.15, 0.2) is 23.1 Å². The van der Waals surface area contributed by atoms with Crippen molar-refractivity contribution < 1.29 is 22.7 Å². The molecule has 2 amide bonds. The summed E-state index contributed by atoms with van der Waals surface area (Å²) in [6.07, 6.45) is 5.16. The maximum atomic E-state index is 13.4. The zero-order valence-electron chi connectivity index (χ0n) is 19.0. The van der Waals surface area contributed by atoms with Gasteiger partial charge in [-0.05, 0) is 49.3 Å². The van der Waals surface area contributed by atoms with Gasteiger partial charge in [-0.1, -0.05) is 26.7 Å². The van der Waals surface area contributed by atoms with E-state index < -0.39 is 10.0 Å². The number of carbonyl (C=O) groups is 2. The first-order valence-corrected chi connectivity index (χ1v) is 13.0. The molecule has 1 aromatic carbocycles. The molecule has 2 saturated heterocycles. The summed E-state index contributed by atoms with van der Waals surface area (Å²) < 4.78 is 33.8. The fraction of sp³-hybridized carbons (Fsp3) is 0.652. The fourth-order valence-corrected chi connectivity index (χ4v) is 6.72. The van der Waals surface area contributed by atoms with Crippen molar-refractivity contribution in [1.82, 2.24) is 9.21 Å². The van der Waals surface area contributed by atoms with Crippen LogP contribution in [0.3, 0.4) is 0 Å². The van der Waals surface area contributed by atoms with Crippen LogP contribution in [0.2, 0.25) is 0 Å². The van der Waals surface area contributed by atoms with E-state index in [1.807, 2.05) is 4.90 Å². The Hall–Kier alpha value is -2.13. The van der Waals surface area contributed by atoms with Crippen molar-refractivity contribution >= 4 is 27.5 Å². The van der Waals surface area contributed by atoms with Gasteiger partial charge in [0.05, 0.1) is 10.6 Å². The van der Waals surface area contributed by atoms with Crippen molar-refractivity contribution in [2.24, 2.45) is 11.8 Å². The van der Waals surface area contributed by atoms with Crippen LogP contribution in [-0.4, -0.2) is 68.8 Å². The first-order valence-electron chi connectivity index (χ1n) is 11.6. The second-order valence-electron chi connectivity index (χ2n) is 9.46. The molecule has 0 radical (unpaired) electrons. The summed E-state index contributed by atoms with van der Waals surface area (Å²) in [4.78, 5) is 28.9. The number of benzene rings is 1. The van der Waals surface area contributed by atoms with Crippen LogP contribution in [0, 0.1) is 11.8 Å². The molecule has 1 aromatic rings. The minimum absolute atomic E-state index is 0.101. The molecule has 3 aliphatic rings. The van der Waals surface area contributed by atoms with Crippen LogP contribution in [0.4, 0.5) is 5.69 Å². The molecule has 32 heavy (non-hydrogen) atoms. The highest BCUT2D eigenvalue weighted by Gasteiger charge is 2.34. The van der Waals surface area contributed by atoms with E-state index in [-0.39, 0.29) is 29.9 Å². The monoisotopic (exact) mass is 463 g/mol. The lowest BCUT2D eigenvalue weighted by molar-refractivity contribution is -0.132. The van der Waals surface area contributed by atoms with Crippen LogP contribution in [0.1, 0.15) is 46.0 Å². The molecule has 0 N–H and O–H groups in total. The Balaban J connectivity index is 1.60. The number of hydrogen-bond acceptors (Lipinski definition) is 5. The third-order valence-corrected chi connectivity index (χ3v) is 8.43. The Morgan fingerprint density at radius 3 is 2.38 bits per heavy atom. The van der Waals surface area contributed by atoms with Gasteiger partial charge < -0.3 is 9.64 Å². The molecule has 0 aliphatic carbocycles. The van der Waals surface area contributed by atoms with Gasteiger partial charge in [-0.3, -0.25) is 14.5 Å². The van der Waals surface area contributed by atoms with E-state index in [1.54, 1.807) is 6.07 Å². The van der Waals surface area contributed by atoms with E-state index in [9.17, 15) is 18.0 Å². The number of anilines is 1. The van der Waals surface area contributed by atoms with Gasteiger partial charge in [0, 0.05) is 26.2 Å². The first kappa shape index (κ1) is 23.0. The molecule has 0 aromatic heterocycles. The summed E-state index contributed by atoms with van der Waals surface area (Å²) in [7, 11) is -3.71. The Labute approximate surface area is 190 Å². The molecular formula is C23H33N3O5S. The van der Waals surface area contributed by atoms with Gasteiger partial charge in [-0.25, -0.2) is 8.42 Å². The van der Waals surface area contributed by atoms with Crippen molar-refractivity contribution in [2.75, 3.05) is 44.2 Å². The number of likely N-dealkylation sites (tertiary alicyclic amines) is 1. The van der Waals surface area contributed by atoms with Crippen LogP contribution in [0.25, 0.3) is 0 Å². The molecule has 176 valence electrons. The Bertz CT molecular complexity index is 962. The standard InChI is InChI=1S/C23H33N3O5S/c1-17-11-18(2)14-25(13-17)32(29,30)19-7-8-21-20(12-19)26(23(28)16-31-21)15-22(27)24-9-5-3-4-6-10-24/h7-8,12,17-18H,3-6,9-11,13-16H2,1-2H3/t17-,18+. The molecule has 8 nitrogen and oxygen atoms in total. The maximum Gasteiger partial charge on any atom is 0.265 e. The van der Waals surface area contributed by atoms with Gasteiger partial charge in [-0.2, -0.15) is 4.31 Å². The average molecular weight is 464 g/mol. The number of rotatable bonds is 4. The Morgan fingerprint density at radius 1 is 1.06 bits per heavy atom. The first-order chi connectivity index (χ1) is 15.3. The van der Waals surface area contributed by atoms with E-state index in [0.29, 0.717) is 49.5 Å². The van der Waals surface area contributed by atoms with Crippen molar-refractivity contribution in [2.45, 2.75) is 50.8 Å². The number of hydrogen-bond donors (Lipinski definition) is 0. The van der Waals surface area contributed by atoms with Gasteiger partial charge in [0.15, 0.2) is 6.61 Å². The number of nitrogens with zero attached hydrogens (tertiary/aromatic N) is 3. The topological polar surface area (TPSA) is 87.2 Å². The maximum absolute atomic E-state index is 13.4. The number of piperidine rings is 1. The fourth-order valence-electron chi connectivity index (χ4n) is 5.02. The number of carbonyl (C=O) groups excluding carboxylic acids is 2. The molecule has 4 rings (SSSR count). The third kappa shape index (κ3) is 4.78. The Morgan fingerprint density at radius 2 is 1.72 bits per heavy atom. The molecule has 0 saturated carbocycles. The normalized spacial score (nSPS) is 25.1. The second kappa shape index (κ2) is 9.39. The van der Waals surface area contributed by atoms with Crippen LogP contribution in [-0.2, 0) is 19.6 Å². The molecule has 3 aliphatic heterocycles. The molecular weight excluding hydrogens is 430 g/mol. The van der Waals surface area contributed by atoms with Gasteiger partial charge in [0.1, 0.15) is 12.3 Å². The third-order valence-electron chi connectivity index (χ3n) is 6.60. The van der Waals surface area contributed by atoms with E-state index >= 15 is 0 Å². The van der Waals surface area contributed by atoms with Crippen molar-refractivity contribution in [3.63, 3.8) is 0 Å². The van der Waals surface area contributed by atoms with Crippen molar-refractivity contribution in [1.29, 1.82) is 0 Å². The zero-order valence-corrected chi connectivity index (χ0v) is 19.8. The lowest BCUT2D eigenvalue weighted by Gasteiger charge is -2.35. The molecule has 3 heterocycles. The average Bonchev–Trinajstić information content (AvgIpc) is 3.04. The number of fused-ring (bicyclic) bond motifs is 1. The minimum atomic E-state index is -3.71. The summed E-state index contributed by atoms with van der Waals surface area (Å²) in [6, 6.07) is 4.61. The highest BCUT2D eigenvalue weighted by atomic mass is 32.2. The highest BCUT2D eigenvalue weighted by Crippen LogP contribution is 2.36. The van der Waals surface area contributed by atoms with Crippen LogP contribution in [0.5, 0.6) is 5.75 Å². The smallest absolute Gasteiger partial charge is 0.265 e. The second-order valence-corrected chi connectivity index (χ2v) is 11.4. The number of sulfonamides is 1. The Kier molecular flexibility index (Phi) is 6.76. The van der Waals surface area contributed by atoms with Gasteiger partial charge in [0.2, 0.25) is 15.9 Å². The van der Waals surface area contributed by atoms with E-state index in [4.69, 9.17) is 4.74 Å². The number of amides is 2. The van der Waals surface area contributed by atoms with Crippen molar-refractivity contribution in [3.05, 3.63) is 18.2 Å². The molecule has 2 atom stereocenters. The van der Waals surface area contributed by atoms with Gasteiger partial charge in [-0.15, -0.1) is 0 Å². The van der Waals surface area contributed by atoms with Gasteiger partial charge >= 0.3 is 0 Å². The van der Waals surface area contributed by atoms with E-state index in [0.717, 1.165) is 32.1 Å². The quantitative estimate of drug-likeness (QED) is 0.685. The lowest BCUT2D eigenvalue weighted by Crippen LogP contribution is -2.47. The zero-order chi connectivity index (χ0) is 22.9. The molecule has 0 unspecified atom stereocenters.